The maximum Gasteiger partial charge on any atom is 0.0596 e. The zero-order chi connectivity index (χ0) is 13.2. The van der Waals surface area contributed by atoms with Gasteiger partial charge in [-0.15, -0.1) is 0 Å². The Hall–Kier alpha value is -0.520. The van der Waals surface area contributed by atoms with Crippen LogP contribution in [0.1, 0.15) is 38.1 Å². The largest absolute Gasteiger partial charge is 0.271 e. The van der Waals surface area contributed by atoms with Crippen LogP contribution < -0.4 is 11.3 Å². The number of hydrogen-bond donors (Lipinski definition) is 2. The quantitative estimate of drug-likeness (QED) is 0.632. The SMILES string of the molecule is CCn1nc(C)cc1CC(NN)C1(C)CCCS1. The van der Waals surface area contributed by atoms with E-state index in [-0.39, 0.29) is 4.75 Å². The van der Waals surface area contributed by atoms with Gasteiger partial charge in [-0.1, -0.05) is 0 Å². The van der Waals surface area contributed by atoms with Crippen molar-refractivity contribution in [3.63, 3.8) is 0 Å². The van der Waals surface area contributed by atoms with E-state index in [1.165, 1.54) is 24.3 Å². The van der Waals surface area contributed by atoms with Gasteiger partial charge in [-0.25, -0.2) is 0 Å². The molecule has 0 saturated carbocycles. The molecule has 0 spiro atoms. The molecule has 0 aromatic carbocycles. The van der Waals surface area contributed by atoms with Gasteiger partial charge in [0.2, 0.25) is 0 Å². The van der Waals surface area contributed by atoms with E-state index in [1.54, 1.807) is 0 Å². The van der Waals surface area contributed by atoms with Crippen molar-refractivity contribution in [2.24, 2.45) is 5.84 Å². The highest BCUT2D eigenvalue weighted by molar-refractivity contribution is 8.00. The highest BCUT2D eigenvalue weighted by Gasteiger charge is 2.37. The maximum absolute atomic E-state index is 5.79. The molecular weight excluding hydrogens is 244 g/mol. The maximum atomic E-state index is 5.79. The van der Waals surface area contributed by atoms with Crippen molar-refractivity contribution >= 4 is 11.8 Å². The van der Waals surface area contributed by atoms with E-state index in [4.69, 9.17) is 5.84 Å². The molecule has 3 N–H and O–H groups in total. The topological polar surface area (TPSA) is 55.9 Å². The van der Waals surface area contributed by atoms with Crippen LogP contribution in [0.4, 0.5) is 0 Å². The molecule has 1 aromatic heterocycles. The average Bonchev–Trinajstić information content (AvgIpc) is 2.93. The Morgan fingerprint density at radius 2 is 2.44 bits per heavy atom. The standard InChI is InChI=1S/C13H24N4S/c1-4-17-11(8-10(2)16-17)9-12(15-14)13(3)6-5-7-18-13/h8,12,15H,4-7,9,14H2,1-3H3. The van der Waals surface area contributed by atoms with Crippen LogP contribution >= 0.6 is 11.8 Å². The van der Waals surface area contributed by atoms with E-state index in [0.29, 0.717) is 6.04 Å². The molecule has 18 heavy (non-hydrogen) atoms. The number of hydrogen-bond acceptors (Lipinski definition) is 4. The Bertz CT molecular complexity index is 396. The van der Waals surface area contributed by atoms with Crippen molar-refractivity contribution < 1.29 is 0 Å². The van der Waals surface area contributed by atoms with E-state index >= 15 is 0 Å². The lowest BCUT2D eigenvalue weighted by Gasteiger charge is -2.32. The van der Waals surface area contributed by atoms with Crippen LogP contribution in [0.3, 0.4) is 0 Å². The van der Waals surface area contributed by atoms with Crippen LogP contribution in [-0.4, -0.2) is 26.3 Å². The van der Waals surface area contributed by atoms with Gasteiger partial charge in [0.1, 0.15) is 0 Å². The number of aromatic nitrogens is 2. The Balaban J connectivity index is 2.14. The number of nitrogens with two attached hydrogens (primary N) is 1. The van der Waals surface area contributed by atoms with Crippen molar-refractivity contribution in [1.82, 2.24) is 15.2 Å². The van der Waals surface area contributed by atoms with E-state index < -0.39 is 0 Å². The summed E-state index contributed by atoms with van der Waals surface area (Å²) in [5, 5.41) is 4.51. The van der Waals surface area contributed by atoms with E-state index in [1.807, 2.05) is 18.7 Å². The van der Waals surface area contributed by atoms with Crippen molar-refractivity contribution in [3.8, 4) is 0 Å². The van der Waals surface area contributed by atoms with Crippen molar-refractivity contribution in [1.29, 1.82) is 0 Å². The molecule has 5 heteroatoms. The van der Waals surface area contributed by atoms with Gasteiger partial charge in [0.15, 0.2) is 0 Å². The van der Waals surface area contributed by atoms with Crippen molar-refractivity contribution in [3.05, 3.63) is 17.5 Å². The minimum Gasteiger partial charge on any atom is -0.271 e. The van der Waals surface area contributed by atoms with Gasteiger partial charge >= 0.3 is 0 Å². The second kappa shape index (κ2) is 5.63. The van der Waals surface area contributed by atoms with Crippen LogP contribution in [0.25, 0.3) is 0 Å². The van der Waals surface area contributed by atoms with Gasteiger partial charge in [-0.2, -0.15) is 16.9 Å². The third kappa shape index (κ3) is 2.73. The van der Waals surface area contributed by atoms with Gasteiger partial charge < -0.3 is 0 Å². The predicted molar refractivity (Wildman–Crippen MR) is 77.6 cm³/mol. The summed E-state index contributed by atoms with van der Waals surface area (Å²) in [6, 6.07) is 2.49. The van der Waals surface area contributed by atoms with Gasteiger partial charge in [0.05, 0.1) is 5.69 Å². The number of nitrogens with one attached hydrogen (secondary N) is 1. The van der Waals surface area contributed by atoms with Crippen LogP contribution in [-0.2, 0) is 13.0 Å². The van der Waals surface area contributed by atoms with Gasteiger partial charge in [-0.05, 0) is 45.4 Å². The minimum absolute atomic E-state index is 0.255. The summed E-state index contributed by atoms with van der Waals surface area (Å²) in [7, 11) is 0. The number of aryl methyl sites for hydroxylation is 2. The Kier molecular flexibility index (Phi) is 4.35. The molecule has 1 aromatic rings. The molecule has 2 heterocycles. The summed E-state index contributed by atoms with van der Waals surface area (Å²) >= 11 is 2.04. The molecule has 0 amide bonds. The average molecular weight is 268 g/mol. The molecule has 0 radical (unpaired) electrons. The smallest absolute Gasteiger partial charge is 0.0596 e. The van der Waals surface area contributed by atoms with E-state index in [9.17, 15) is 0 Å². The summed E-state index contributed by atoms with van der Waals surface area (Å²) in [5.74, 6) is 7.04. The fraction of sp³-hybridized carbons (Fsp3) is 0.769. The van der Waals surface area contributed by atoms with Gasteiger partial charge in [0, 0.05) is 29.4 Å². The molecule has 2 unspecified atom stereocenters. The molecule has 1 fully saturated rings. The lowest BCUT2D eigenvalue weighted by Crippen LogP contribution is -2.50. The fourth-order valence-corrected chi connectivity index (χ4v) is 4.17. The Morgan fingerprint density at radius 3 is 3.00 bits per heavy atom. The predicted octanol–water partition coefficient (Wildman–Crippen LogP) is 1.87. The van der Waals surface area contributed by atoms with Crippen LogP contribution in [0, 0.1) is 6.92 Å². The van der Waals surface area contributed by atoms with E-state index in [0.717, 1.165) is 18.7 Å². The molecule has 2 atom stereocenters. The molecule has 0 aliphatic carbocycles. The Labute approximate surface area is 114 Å². The summed E-state index contributed by atoms with van der Waals surface area (Å²) in [6.07, 6.45) is 3.49. The first kappa shape index (κ1) is 13.9. The Morgan fingerprint density at radius 1 is 1.67 bits per heavy atom. The third-order valence-corrected chi connectivity index (χ3v) is 5.53. The first-order chi connectivity index (χ1) is 8.59. The molecule has 2 rings (SSSR count). The first-order valence-electron chi connectivity index (χ1n) is 6.72. The molecule has 4 nitrogen and oxygen atoms in total. The number of nitrogens with zero attached hydrogens (tertiary/aromatic N) is 2. The van der Waals surface area contributed by atoms with Crippen molar-refractivity contribution in [2.75, 3.05) is 5.75 Å². The summed E-state index contributed by atoms with van der Waals surface area (Å²) in [4.78, 5) is 0. The summed E-state index contributed by atoms with van der Waals surface area (Å²) in [6.45, 7) is 7.43. The highest BCUT2D eigenvalue weighted by atomic mass is 32.2. The zero-order valence-electron chi connectivity index (χ0n) is 11.6. The minimum atomic E-state index is 0.255. The van der Waals surface area contributed by atoms with E-state index in [2.05, 4.69) is 35.1 Å². The molecular formula is C13H24N4S. The second-order valence-corrected chi connectivity index (χ2v) is 6.91. The zero-order valence-corrected chi connectivity index (χ0v) is 12.4. The van der Waals surface area contributed by atoms with Crippen molar-refractivity contribution in [2.45, 2.75) is 57.4 Å². The first-order valence-corrected chi connectivity index (χ1v) is 7.71. The van der Waals surface area contributed by atoms with Crippen LogP contribution in [0.15, 0.2) is 6.07 Å². The number of thioether (sulfide) groups is 1. The lowest BCUT2D eigenvalue weighted by molar-refractivity contribution is 0.396. The normalized spacial score (nSPS) is 25.6. The van der Waals surface area contributed by atoms with Crippen LogP contribution in [0.2, 0.25) is 0 Å². The molecule has 1 aliphatic rings. The monoisotopic (exact) mass is 268 g/mol. The summed E-state index contributed by atoms with van der Waals surface area (Å²) in [5.41, 5.74) is 5.41. The molecule has 1 saturated heterocycles. The van der Waals surface area contributed by atoms with Gasteiger partial charge in [0.25, 0.3) is 0 Å². The van der Waals surface area contributed by atoms with Crippen LogP contribution in [0.5, 0.6) is 0 Å². The summed E-state index contributed by atoms with van der Waals surface area (Å²) < 4.78 is 2.34. The molecule has 1 aliphatic heterocycles. The number of rotatable bonds is 5. The second-order valence-electron chi connectivity index (χ2n) is 5.28. The lowest BCUT2D eigenvalue weighted by atomic mass is 9.93. The number of hydrazine groups is 1. The molecule has 102 valence electrons. The fourth-order valence-electron chi connectivity index (χ4n) is 2.77. The third-order valence-electron chi connectivity index (χ3n) is 3.89. The highest BCUT2D eigenvalue weighted by Crippen LogP contribution is 2.41. The molecule has 0 bridgehead atoms. The van der Waals surface area contributed by atoms with Gasteiger partial charge in [-0.3, -0.25) is 16.0 Å².